The van der Waals surface area contributed by atoms with Crippen molar-refractivity contribution in [2.75, 3.05) is 6.61 Å². The quantitative estimate of drug-likeness (QED) is 0.732. The first-order chi connectivity index (χ1) is 7.30. The fourth-order valence-electron chi connectivity index (χ4n) is 1.08. The maximum atomic E-state index is 11.8. The minimum Gasteiger partial charge on any atom is -0.485 e. The van der Waals surface area contributed by atoms with E-state index in [1.807, 2.05) is 0 Å². The van der Waals surface area contributed by atoms with Gasteiger partial charge in [-0.2, -0.15) is 13.2 Å². The minimum atomic E-state index is -4.95. The summed E-state index contributed by atoms with van der Waals surface area (Å²) < 4.78 is 40.2. The lowest BCUT2D eigenvalue weighted by Crippen LogP contribution is -2.46. The predicted molar refractivity (Wildman–Crippen MR) is 44.3 cm³/mol. The molecule has 0 saturated carbocycles. The van der Waals surface area contributed by atoms with Crippen molar-refractivity contribution in [3.63, 3.8) is 0 Å². The molecular weight excluding hydrogens is 231 g/mol. The van der Waals surface area contributed by atoms with Gasteiger partial charge < -0.3 is 15.2 Å². The summed E-state index contributed by atoms with van der Waals surface area (Å²) in [6, 6.07) is -0.864. The van der Waals surface area contributed by atoms with Crippen molar-refractivity contribution < 1.29 is 32.6 Å². The molecule has 1 rings (SSSR count). The number of hydrogen-bond donors (Lipinski definition) is 2. The van der Waals surface area contributed by atoms with Gasteiger partial charge in [-0.15, -0.1) is 0 Å². The van der Waals surface area contributed by atoms with Crippen LogP contribution in [0.4, 0.5) is 13.2 Å². The van der Waals surface area contributed by atoms with Crippen molar-refractivity contribution in [1.29, 1.82) is 0 Å². The molecule has 1 atom stereocenters. The molecule has 0 aromatic carbocycles. The molecule has 5 nitrogen and oxygen atoms in total. The zero-order valence-electron chi connectivity index (χ0n) is 7.87. The molecule has 1 aliphatic heterocycles. The number of rotatable bonds is 2. The SMILES string of the molecule is O=C(O)C1=CCC(NC(=O)C(F)(F)F)CO1. The van der Waals surface area contributed by atoms with E-state index in [1.54, 1.807) is 5.32 Å². The first-order valence-corrected chi connectivity index (χ1v) is 4.24. The van der Waals surface area contributed by atoms with Crippen LogP contribution in [0, 0.1) is 0 Å². The van der Waals surface area contributed by atoms with Crippen LogP contribution in [0.5, 0.6) is 0 Å². The molecule has 0 fully saturated rings. The molecule has 8 heteroatoms. The Labute approximate surface area is 87.9 Å². The molecule has 1 amide bonds. The van der Waals surface area contributed by atoms with E-state index in [0.717, 1.165) is 6.08 Å². The van der Waals surface area contributed by atoms with Gasteiger partial charge in [0.2, 0.25) is 5.76 Å². The van der Waals surface area contributed by atoms with Crippen LogP contribution in [0.2, 0.25) is 0 Å². The first kappa shape index (κ1) is 12.3. The molecule has 0 bridgehead atoms. The van der Waals surface area contributed by atoms with Crippen molar-refractivity contribution in [3.8, 4) is 0 Å². The summed E-state index contributed by atoms with van der Waals surface area (Å²) in [5, 5.41) is 10.2. The summed E-state index contributed by atoms with van der Waals surface area (Å²) in [4.78, 5) is 20.9. The molecule has 0 radical (unpaired) electrons. The number of nitrogens with one attached hydrogen (secondary N) is 1. The number of halogens is 3. The molecular formula is C8H8F3NO4. The normalized spacial score (nSPS) is 20.7. The minimum absolute atomic E-state index is 0.0105. The number of carbonyl (C=O) groups is 2. The molecule has 1 heterocycles. The number of amides is 1. The van der Waals surface area contributed by atoms with Crippen LogP contribution >= 0.6 is 0 Å². The van der Waals surface area contributed by atoms with Gasteiger partial charge in [-0.25, -0.2) is 4.79 Å². The van der Waals surface area contributed by atoms with E-state index in [0.29, 0.717) is 0 Å². The van der Waals surface area contributed by atoms with Crippen molar-refractivity contribution >= 4 is 11.9 Å². The summed E-state index contributed by atoms with van der Waals surface area (Å²) in [5.74, 6) is -3.67. The van der Waals surface area contributed by atoms with Crippen LogP contribution in [0.3, 0.4) is 0 Å². The Morgan fingerprint density at radius 1 is 1.50 bits per heavy atom. The fourth-order valence-corrected chi connectivity index (χ4v) is 1.08. The lowest BCUT2D eigenvalue weighted by atomic mass is 10.1. The summed E-state index contributed by atoms with van der Waals surface area (Å²) in [5.41, 5.74) is 0. The number of carbonyl (C=O) groups excluding carboxylic acids is 1. The molecule has 0 aliphatic carbocycles. The summed E-state index contributed by atoms with van der Waals surface area (Å²) in [7, 11) is 0. The van der Waals surface area contributed by atoms with E-state index in [1.165, 1.54) is 0 Å². The average molecular weight is 239 g/mol. The van der Waals surface area contributed by atoms with Crippen LogP contribution < -0.4 is 5.32 Å². The highest BCUT2D eigenvalue weighted by atomic mass is 19.4. The second-order valence-electron chi connectivity index (χ2n) is 3.09. The maximum absolute atomic E-state index is 11.8. The Kier molecular flexibility index (Phi) is 3.41. The van der Waals surface area contributed by atoms with Crippen molar-refractivity contribution in [2.45, 2.75) is 18.6 Å². The van der Waals surface area contributed by atoms with E-state index >= 15 is 0 Å². The van der Waals surface area contributed by atoms with Gasteiger partial charge in [-0.05, 0) is 12.5 Å². The monoisotopic (exact) mass is 239 g/mol. The molecule has 0 saturated heterocycles. The topological polar surface area (TPSA) is 75.6 Å². The predicted octanol–water partition coefficient (Wildman–Crippen LogP) is 0.422. The summed E-state index contributed by atoms with van der Waals surface area (Å²) >= 11 is 0. The zero-order chi connectivity index (χ0) is 12.3. The van der Waals surface area contributed by atoms with Gasteiger partial charge in [0.05, 0.1) is 6.04 Å². The van der Waals surface area contributed by atoms with Crippen LogP contribution in [0.25, 0.3) is 0 Å². The van der Waals surface area contributed by atoms with Crippen LogP contribution in [-0.2, 0) is 14.3 Å². The lowest BCUT2D eigenvalue weighted by Gasteiger charge is -2.22. The van der Waals surface area contributed by atoms with Crippen LogP contribution in [0.15, 0.2) is 11.8 Å². The number of carboxylic acid groups (broad SMARTS) is 1. The molecule has 16 heavy (non-hydrogen) atoms. The van der Waals surface area contributed by atoms with Gasteiger partial charge in [0.25, 0.3) is 0 Å². The Bertz CT molecular complexity index is 337. The molecule has 0 spiro atoms. The maximum Gasteiger partial charge on any atom is 0.471 e. The number of ether oxygens (including phenoxy) is 1. The Morgan fingerprint density at radius 2 is 2.12 bits per heavy atom. The summed E-state index contributed by atoms with van der Waals surface area (Å²) in [6.45, 7) is -0.292. The van der Waals surface area contributed by atoms with E-state index in [2.05, 4.69) is 4.74 Å². The van der Waals surface area contributed by atoms with Gasteiger partial charge in [-0.3, -0.25) is 4.79 Å². The van der Waals surface area contributed by atoms with Gasteiger partial charge in [0.15, 0.2) is 0 Å². The van der Waals surface area contributed by atoms with Crippen LogP contribution in [-0.4, -0.2) is 35.8 Å². The number of hydrogen-bond acceptors (Lipinski definition) is 3. The third-order valence-corrected chi connectivity index (χ3v) is 1.83. The molecule has 2 N–H and O–H groups in total. The van der Waals surface area contributed by atoms with Gasteiger partial charge >= 0.3 is 18.1 Å². The first-order valence-electron chi connectivity index (χ1n) is 4.24. The molecule has 90 valence electrons. The Morgan fingerprint density at radius 3 is 2.50 bits per heavy atom. The van der Waals surface area contributed by atoms with E-state index in [-0.39, 0.29) is 18.8 Å². The molecule has 0 aromatic rings. The molecule has 1 unspecified atom stereocenters. The smallest absolute Gasteiger partial charge is 0.471 e. The molecule has 1 aliphatic rings. The van der Waals surface area contributed by atoms with Gasteiger partial charge in [0.1, 0.15) is 6.61 Å². The van der Waals surface area contributed by atoms with Gasteiger partial charge in [-0.1, -0.05) is 0 Å². The second kappa shape index (κ2) is 4.42. The van der Waals surface area contributed by atoms with E-state index < -0.39 is 24.1 Å². The van der Waals surface area contributed by atoms with Crippen molar-refractivity contribution in [3.05, 3.63) is 11.8 Å². The van der Waals surface area contributed by atoms with Crippen molar-refractivity contribution in [1.82, 2.24) is 5.32 Å². The number of alkyl halides is 3. The highest BCUT2D eigenvalue weighted by molar-refractivity contribution is 5.84. The third-order valence-electron chi connectivity index (χ3n) is 1.83. The third kappa shape index (κ3) is 3.14. The highest BCUT2D eigenvalue weighted by Gasteiger charge is 2.40. The van der Waals surface area contributed by atoms with E-state index in [9.17, 15) is 22.8 Å². The zero-order valence-corrected chi connectivity index (χ0v) is 7.87. The average Bonchev–Trinajstić information content (AvgIpc) is 2.17. The van der Waals surface area contributed by atoms with E-state index in [4.69, 9.17) is 5.11 Å². The number of aliphatic carboxylic acids is 1. The Balaban J connectivity index is 2.50. The Hall–Kier alpha value is -1.73. The lowest BCUT2D eigenvalue weighted by molar-refractivity contribution is -0.174. The fraction of sp³-hybridized carbons (Fsp3) is 0.500. The van der Waals surface area contributed by atoms with Gasteiger partial charge in [0, 0.05) is 0 Å². The van der Waals surface area contributed by atoms with Crippen LogP contribution in [0.1, 0.15) is 6.42 Å². The molecule has 0 aromatic heterocycles. The summed E-state index contributed by atoms with van der Waals surface area (Å²) in [6.07, 6.45) is -3.84. The number of carboxylic acids is 1. The largest absolute Gasteiger partial charge is 0.485 e. The second-order valence-corrected chi connectivity index (χ2v) is 3.09. The van der Waals surface area contributed by atoms with Crippen molar-refractivity contribution in [2.24, 2.45) is 0 Å². The standard InChI is InChI=1S/C8H8F3NO4/c9-8(10,11)7(15)12-4-1-2-5(6(13)14)16-3-4/h2,4H,1,3H2,(H,12,15)(H,13,14). The highest BCUT2D eigenvalue weighted by Crippen LogP contribution is 2.16.